The molecule has 0 aliphatic carbocycles. The third kappa shape index (κ3) is 1.86. The van der Waals surface area contributed by atoms with Gasteiger partial charge in [0.1, 0.15) is 11.5 Å². The molecule has 1 nitrogen and oxygen atoms in total. The molecule has 1 heteroatoms. The fourth-order valence-electron chi connectivity index (χ4n) is 1.61. The van der Waals surface area contributed by atoms with Crippen LogP contribution in [0.15, 0.2) is 41.3 Å². The van der Waals surface area contributed by atoms with Gasteiger partial charge in [0, 0.05) is 5.56 Å². The van der Waals surface area contributed by atoms with Crippen molar-refractivity contribution in [3.63, 3.8) is 0 Å². The highest BCUT2D eigenvalue weighted by molar-refractivity contribution is 5.64. The van der Waals surface area contributed by atoms with Crippen LogP contribution in [0.2, 0.25) is 0 Å². The monoisotopic (exact) mass is 198 g/mol. The molecule has 0 fully saturated rings. The highest BCUT2D eigenvalue weighted by atomic mass is 16.3. The van der Waals surface area contributed by atoms with Gasteiger partial charge in [0.05, 0.1) is 0 Å². The summed E-state index contributed by atoms with van der Waals surface area (Å²) in [7, 11) is 0. The first-order valence-electron chi connectivity index (χ1n) is 5.00. The van der Waals surface area contributed by atoms with Crippen molar-refractivity contribution in [3.8, 4) is 11.3 Å². The highest BCUT2D eigenvalue weighted by Crippen LogP contribution is 2.26. The normalized spacial score (nSPS) is 10.3. The van der Waals surface area contributed by atoms with Gasteiger partial charge < -0.3 is 4.42 Å². The first kappa shape index (κ1) is 9.78. The lowest BCUT2D eigenvalue weighted by molar-refractivity contribution is 0.571. The Morgan fingerprint density at radius 3 is 2.60 bits per heavy atom. The van der Waals surface area contributed by atoms with E-state index in [-0.39, 0.29) is 0 Å². The lowest BCUT2D eigenvalue weighted by Gasteiger charge is -2.03. The van der Waals surface area contributed by atoms with E-state index in [1.54, 1.807) is 6.08 Å². The van der Waals surface area contributed by atoms with E-state index < -0.39 is 0 Å². The zero-order valence-electron chi connectivity index (χ0n) is 9.08. The van der Waals surface area contributed by atoms with Gasteiger partial charge in [-0.3, -0.25) is 0 Å². The number of hydrogen-bond donors (Lipinski definition) is 0. The molecule has 0 saturated carbocycles. The summed E-state index contributed by atoms with van der Waals surface area (Å²) in [6.07, 6.45) is 1.72. The second-order valence-corrected chi connectivity index (χ2v) is 3.72. The summed E-state index contributed by atoms with van der Waals surface area (Å²) in [5, 5.41) is 0. The molecule has 0 unspecified atom stereocenters. The molecule has 1 aromatic heterocycles. The summed E-state index contributed by atoms with van der Waals surface area (Å²) < 4.78 is 5.64. The first-order valence-corrected chi connectivity index (χ1v) is 5.00. The number of hydrogen-bond acceptors (Lipinski definition) is 1. The van der Waals surface area contributed by atoms with Gasteiger partial charge >= 0.3 is 0 Å². The van der Waals surface area contributed by atoms with E-state index in [1.165, 1.54) is 11.1 Å². The predicted molar refractivity (Wildman–Crippen MR) is 63.7 cm³/mol. The molecule has 0 amide bonds. The molecule has 0 aliphatic heterocycles. The molecule has 0 bridgehead atoms. The number of benzene rings is 1. The van der Waals surface area contributed by atoms with Crippen molar-refractivity contribution < 1.29 is 4.42 Å². The molecular weight excluding hydrogens is 184 g/mol. The Morgan fingerprint density at radius 2 is 1.93 bits per heavy atom. The van der Waals surface area contributed by atoms with Gasteiger partial charge in [-0.15, -0.1) is 0 Å². The van der Waals surface area contributed by atoms with Crippen molar-refractivity contribution in [2.24, 2.45) is 0 Å². The number of furan rings is 1. The van der Waals surface area contributed by atoms with Crippen LogP contribution < -0.4 is 0 Å². The summed E-state index contributed by atoms with van der Waals surface area (Å²) >= 11 is 0. The average Bonchev–Trinajstić information content (AvgIpc) is 2.70. The lowest BCUT2D eigenvalue weighted by Crippen LogP contribution is -1.82. The van der Waals surface area contributed by atoms with Crippen LogP contribution >= 0.6 is 0 Å². The summed E-state index contributed by atoms with van der Waals surface area (Å²) in [5.74, 6) is 1.72. The maximum atomic E-state index is 5.64. The van der Waals surface area contributed by atoms with Gasteiger partial charge in [-0.05, 0) is 43.7 Å². The summed E-state index contributed by atoms with van der Waals surface area (Å²) in [6.45, 7) is 7.86. The van der Waals surface area contributed by atoms with Crippen molar-refractivity contribution in [2.75, 3.05) is 0 Å². The first-order chi connectivity index (χ1) is 7.20. The third-order valence-electron chi connectivity index (χ3n) is 2.49. The standard InChI is InChI=1S/C14H14O/c1-4-12-7-8-14(15-12)13-9-10(2)5-6-11(13)3/h4-9H,1H2,2-3H3. The van der Waals surface area contributed by atoms with Crippen LogP contribution in [0, 0.1) is 13.8 Å². The summed E-state index contributed by atoms with van der Waals surface area (Å²) in [5.41, 5.74) is 3.63. The van der Waals surface area contributed by atoms with Crippen LogP contribution in [0.3, 0.4) is 0 Å². The van der Waals surface area contributed by atoms with Crippen molar-refractivity contribution >= 4 is 6.08 Å². The minimum Gasteiger partial charge on any atom is -0.457 e. The molecule has 0 radical (unpaired) electrons. The van der Waals surface area contributed by atoms with Gasteiger partial charge in [0.25, 0.3) is 0 Å². The molecule has 2 rings (SSSR count). The Kier molecular flexibility index (Phi) is 2.46. The van der Waals surface area contributed by atoms with Gasteiger partial charge in [-0.1, -0.05) is 24.3 Å². The zero-order chi connectivity index (χ0) is 10.8. The van der Waals surface area contributed by atoms with Gasteiger partial charge in [-0.2, -0.15) is 0 Å². The second kappa shape index (κ2) is 3.77. The molecule has 0 aliphatic rings. The fraction of sp³-hybridized carbons (Fsp3) is 0.143. The number of rotatable bonds is 2. The van der Waals surface area contributed by atoms with Gasteiger partial charge in [0.15, 0.2) is 0 Å². The van der Waals surface area contributed by atoms with Crippen LogP contribution in [-0.2, 0) is 0 Å². The van der Waals surface area contributed by atoms with E-state index in [2.05, 4.69) is 38.6 Å². The molecule has 1 aromatic carbocycles. The molecule has 0 N–H and O–H groups in total. The van der Waals surface area contributed by atoms with Crippen LogP contribution in [0.1, 0.15) is 16.9 Å². The van der Waals surface area contributed by atoms with Crippen LogP contribution in [0.5, 0.6) is 0 Å². The second-order valence-electron chi connectivity index (χ2n) is 3.72. The minimum absolute atomic E-state index is 0.811. The molecule has 15 heavy (non-hydrogen) atoms. The van der Waals surface area contributed by atoms with Gasteiger partial charge in [-0.25, -0.2) is 0 Å². The molecule has 1 heterocycles. The SMILES string of the molecule is C=Cc1ccc(-c2cc(C)ccc2C)o1. The Bertz CT molecular complexity index is 492. The van der Waals surface area contributed by atoms with Crippen LogP contribution in [-0.4, -0.2) is 0 Å². The van der Waals surface area contributed by atoms with Crippen molar-refractivity contribution in [3.05, 3.63) is 53.8 Å². The average molecular weight is 198 g/mol. The van der Waals surface area contributed by atoms with E-state index in [4.69, 9.17) is 4.42 Å². The van der Waals surface area contributed by atoms with E-state index in [9.17, 15) is 0 Å². The lowest BCUT2D eigenvalue weighted by atomic mass is 10.0. The Morgan fingerprint density at radius 1 is 1.13 bits per heavy atom. The molecule has 76 valence electrons. The number of aryl methyl sites for hydroxylation is 2. The molecule has 2 aromatic rings. The van der Waals surface area contributed by atoms with Crippen LogP contribution in [0.25, 0.3) is 17.4 Å². The fourth-order valence-corrected chi connectivity index (χ4v) is 1.61. The largest absolute Gasteiger partial charge is 0.457 e. The molecule has 0 spiro atoms. The molecule has 0 saturated heterocycles. The van der Waals surface area contributed by atoms with Crippen molar-refractivity contribution in [2.45, 2.75) is 13.8 Å². The predicted octanol–water partition coefficient (Wildman–Crippen LogP) is 4.21. The highest BCUT2D eigenvalue weighted by Gasteiger charge is 2.06. The van der Waals surface area contributed by atoms with Crippen molar-refractivity contribution in [1.82, 2.24) is 0 Å². The molecular formula is C14H14O. The summed E-state index contributed by atoms with van der Waals surface area (Å²) in [6, 6.07) is 10.3. The third-order valence-corrected chi connectivity index (χ3v) is 2.49. The zero-order valence-corrected chi connectivity index (χ0v) is 9.08. The van der Waals surface area contributed by atoms with Crippen LogP contribution in [0.4, 0.5) is 0 Å². The maximum Gasteiger partial charge on any atom is 0.135 e. The van der Waals surface area contributed by atoms with Crippen molar-refractivity contribution in [1.29, 1.82) is 0 Å². The quantitative estimate of drug-likeness (QED) is 0.704. The van der Waals surface area contributed by atoms with E-state index in [0.29, 0.717) is 0 Å². The smallest absolute Gasteiger partial charge is 0.135 e. The Balaban J connectivity index is 2.52. The Hall–Kier alpha value is -1.76. The maximum absolute atomic E-state index is 5.64. The minimum atomic E-state index is 0.811. The van der Waals surface area contributed by atoms with E-state index >= 15 is 0 Å². The molecule has 0 atom stereocenters. The van der Waals surface area contributed by atoms with E-state index in [1.807, 2.05) is 12.1 Å². The summed E-state index contributed by atoms with van der Waals surface area (Å²) in [4.78, 5) is 0. The van der Waals surface area contributed by atoms with Gasteiger partial charge in [0.2, 0.25) is 0 Å². The Labute approximate surface area is 90.1 Å². The van der Waals surface area contributed by atoms with E-state index in [0.717, 1.165) is 17.1 Å². The topological polar surface area (TPSA) is 13.1 Å².